The number of urea groups is 1. The normalized spacial score (nSPS) is 14.5. The monoisotopic (exact) mass is 822 g/mol. The third-order valence-corrected chi connectivity index (χ3v) is 12.9. The van der Waals surface area contributed by atoms with Crippen molar-refractivity contribution in [2.24, 2.45) is 16.2 Å². The van der Waals surface area contributed by atoms with Gasteiger partial charge in [0.2, 0.25) is 0 Å². The first kappa shape index (κ1) is 39.5. The van der Waals surface area contributed by atoms with Gasteiger partial charge in [0.05, 0.1) is 44.6 Å². The van der Waals surface area contributed by atoms with E-state index in [1.807, 2.05) is 58.3 Å². The number of benzene rings is 6. The maximum Gasteiger partial charge on any atom is 0.340 e. The molecule has 9 heteroatoms. The highest BCUT2D eigenvalue weighted by Gasteiger charge is 2.51. The third-order valence-electron chi connectivity index (χ3n) is 12.9. The van der Waals surface area contributed by atoms with Gasteiger partial charge in [0.1, 0.15) is 0 Å². The summed E-state index contributed by atoms with van der Waals surface area (Å²) in [6, 6.07) is 40.5. The quantitative estimate of drug-likeness (QED) is 0.163. The van der Waals surface area contributed by atoms with Crippen LogP contribution in [0.5, 0.6) is 0 Å². The Morgan fingerprint density at radius 1 is 0.444 bits per heavy atom. The minimum Gasteiger partial charge on any atom is -0.256 e. The number of aromatic nitrogens is 4. The van der Waals surface area contributed by atoms with Crippen molar-refractivity contribution in [3.05, 3.63) is 132 Å². The summed E-state index contributed by atoms with van der Waals surface area (Å²) in [6.07, 6.45) is 2.67. The van der Waals surface area contributed by atoms with Crippen molar-refractivity contribution >= 4 is 108 Å². The molecule has 63 heavy (non-hydrogen) atoms. The van der Waals surface area contributed by atoms with E-state index in [2.05, 4.69) is 129 Å². The SMILES string of the molecule is CC(C)(C)Cc1ccccc1B1c2ccc3ccc4c5c3c2N(C(=O)N5c2nc3ccccc3nc2B4c2c(CC(C)(C)C)cccc2CC(C)(C)C)c2nc3ccccc3nc21. The lowest BCUT2D eigenvalue weighted by Crippen LogP contribution is -2.66. The first-order valence-corrected chi connectivity index (χ1v) is 22.5. The number of fused-ring (bicyclic) bond motifs is 6. The number of para-hydroxylation sites is 4. The van der Waals surface area contributed by atoms with Gasteiger partial charge in [-0.15, -0.1) is 0 Å². The molecule has 6 aromatic carbocycles. The molecule has 0 saturated heterocycles. The zero-order chi connectivity index (χ0) is 43.7. The molecule has 3 aliphatic heterocycles. The van der Waals surface area contributed by atoms with Crippen LogP contribution >= 0.6 is 0 Å². The largest absolute Gasteiger partial charge is 0.340 e. The van der Waals surface area contributed by atoms with Gasteiger partial charge in [0, 0.05) is 5.39 Å². The van der Waals surface area contributed by atoms with Crippen LogP contribution in [-0.2, 0) is 19.3 Å². The third kappa shape index (κ3) is 6.45. The highest BCUT2D eigenvalue weighted by molar-refractivity contribution is 6.99. The standard InChI is InChI=1S/C54H52B2N6O/c1-52(2,3)29-33-17-10-11-20-36(33)55-37-27-25-32-26-28-38-46-43(32)45(37)61(49-47(55)57-39-21-12-14-23-41(39)59-49)51(63)62(46)50-48(58-40-22-13-15-24-42(40)60-50)56(38)44-34(30-53(4,5)6)18-16-19-35(44)31-54(7,8)9/h10-28H,29-31H2,1-9H3. The van der Waals surface area contributed by atoms with Gasteiger partial charge >= 0.3 is 6.03 Å². The molecule has 0 spiro atoms. The number of carbonyl (C=O) groups excluding carboxylic acids is 1. The molecule has 0 aliphatic carbocycles. The second-order valence-electron chi connectivity index (χ2n) is 21.7. The minimum atomic E-state index is -0.276. The summed E-state index contributed by atoms with van der Waals surface area (Å²) in [5.41, 5.74) is 15.0. The number of hydrogen-bond acceptors (Lipinski definition) is 5. The smallest absolute Gasteiger partial charge is 0.256 e. The fourth-order valence-electron chi connectivity index (χ4n) is 10.7. The summed E-state index contributed by atoms with van der Waals surface area (Å²) in [6.45, 7) is 20.2. The fourth-order valence-corrected chi connectivity index (χ4v) is 10.7. The van der Waals surface area contributed by atoms with Gasteiger partial charge in [0.15, 0.2) is 11.6 Å². The lowest BCUT2D eigenvalue weighted by atomic mass is 9.34. The van der Waals surface area contributed by atoms with Crippen LogP contribution in [0.3, 0.4) is 0 Å². The van der Waals surface area contributed by atoms with Gasteiger partial charge in [-0.2, -0.15) is 0 Å². The topological polar surface area (TPSA) is 75.1 Å². The molecule has 2 amide bonds. The van der Waals surface area contributed by atoms with Crippen LogP contribution in [0.25, 0.3) is 32.8 Å². The summed E-state index contributed by atoms with van der Waals surface area (Å²) in [5, 5.41) is 2.09. The van der Waals surface area contributed by atoms with Crippen LogP contribution in [0.15, 0.2) is 115 Å². The van der Waals surface area contributed by atoms with Gasteiger partial charge in [-0.1, -0.05) is 181 Å². The van der Waals surface area contributed by atoms with Crippen molar-refractivity contribution in [2.75, 3.05) is 9.80 Å². The predicted octanol–water partition coefficient (Wildman–Crippen LogP) is 8.56. The lowest BCUT2D eigenvalue weighted by molar-refractivity contribution is 0.255. The van der Waals surface area contributed by atoms with Crippen LogP contribution in [0.2, 0.25) is 0 Å². The summed E-state index contributed by atoms with van der Waals surface area (Å²) in [7, 11) is 0. The fraction of sp³-hybridized carbons (Fsp3) is 0.278. The molecule has 5 heterocycles. The first-order chi connectivity index (χ1) is 30.0. The molecular weight excluding hydrogens is 770 g/mol. The first-order valence-electron chi connectivity index (χ1n) is 22.5. The Morgan fingerprint density at radius 3 is 1.37 bits per heavy atom. The number of anilines is 4. The number of hydrogen-bond donors (Lipinski definition) is 0. The van der Waals surface area contributed by atoms with Gasteiger partial charge in [0.25, 0.3) is 13.4 Å². The predicted molar refractivity (Wildman–Crippen MR) is 264 cm³/mol. The van der Waals surface area contributed by atoms with E-state index in [4.69, 9.17) is 19.9 Å². The van der Waals surface area contributed by atoms with Crippen LogP contribution in [-0.4, -0.2) is 39.4 Å². The molecule has 3 aliphatic rings. The zero-order valence-corrected chi connectivity index (χ0v) is 37.8. The molecule has 0 atom stereocenters. The molecule has 7 nitrogen and oxygen atoms in total. The van der Waals surface area contributed by atoms with Crippen LogP contribution in [0.4, 0.5) is 27.8 Å². The molecule has 11 rings (SSSR count). The Labute approximate surface area is 371 Å². The van der Waals surface area contributed by atoms with Crippen LogP contribution < -0.4 is 42.8 Å². The molecule has 0 saturated carbocycles. The number of nitrogens with zero attached hydrogens (tertiary/aromatic N) is 6. The zero-order valence-electron chi connectivity index (χ0n) is 37.8. The molecule has 8 aromatic rings. The van der Waals surface area contributed by atoms with Crippen LogP contribution in [0, 0.1) is 16.2 Å². The molecule has 2 aromatic heterocycles. The number of carbonyl (C=O) groups is 1. The van der Waals surface area contributed by atoms with E-state index in [9.17, 15) is 0 Å². The molecule has 0 radical (unpaired) electrons. The second kappa shape index (κ2) is 13.8. The van der Waals surface area contributed by atoms with E-state index in [0.29, 0.717) is 11.6 Å². The lowest BCUT2D eigenvalue weighted by Gasteiger charge is -2.45. The van der Waals surface area contributed by atoms with E-state index in [0.717, 1.165) is 85.6 Å². The Kier molecular flexibility index (Phi) is 8.67. The molecular formula is C54H52B2N6O. The van der Waals surface area contributed by atoms with Crippen molar-refractivity contribution in [3.63, 3.8) is 0 Å². The highest BCUT2D eigenvalue weighted by Crippen LogP contribution is 2.47. The molecule has 0 unspecified atom stereocenters. The average molecular weight is 823 g/mol. The van der Waals surface area contributed by atoms with Crippen molar-refractivity contribution in [1.29, 1.82) is 0 Å². The Balaban J connectivity index is 1.28. The van der Waals surface area contributed by atoms with E-state index in [1.54, 1.807) is 0 Å². The van der Waals surface area contributed by atoms with Gasteiger partial charge in [-0.05, 0) is 76.1 Å². The van der Waals surface area contributed by atoms with Crippen molar-refractivity contribution in [3.8, 4) is 0 Å². The second-order valence-corrected chi connectivity index (χ2v) is 21.7. The van der Waals surface area contributed by atoms with E-state index in [1.165, 1.54) is 27.6 Å². The highest BCUT2D eigenvalue weighted by atomic mass is 16.2. The molecule has 0 N–H and O–H groups in total. The number of amides is 2. The molecule has 0 fully saturated rings. The summed E-state index contributed by atoms with van der Waals surface area (Å²) in [5.74, 6) is 1.13. The Bertz CT molecular complexity index is 3200. The van der Waals surface area contributed by atoms with E-state index in [-0.39, 0.29) is 35.7 Å². The molecule has 0 bridgehead atoms. The number of rotatable bonds is 5. The van der Waals surface area contributed by atoms with Crippen LogP contribution in [0.1, 0.15) is 79.0 Å². The van der Waals surface area contributed by atoms with Crippen molar-refractivity contribution in [1.82, 2.24) is 19.9 Å². The van der Waals surface area contributed by atoms with Crippen molar-refractivity contribution in [2.45, 2.75) is 81.6 Å². The summed E-state index contributed by atoms with van der Waals surface area (Å²) in [4.78, 5) is 41.6. The maximum atomic E-state index is 16.1. The van der Waals surface area contributed by atoms with E-state index >= 15 is 4.79 Å². The minimum absolute atomic E-state index is 0.0256. The average Bonchev–Trinajstić information content (AvgIpc) is 3.22. The van der Waals surface area contributed by atoms with Gasteiger partial charge < -0.3 is 0 Å². The van der Waals surface area contributed by atoms with Gasteiger partial charge in [-0.25, -0.2) is 24.6 Å². The van der Waals surface area contributed by atoms with Crippen molar-refractivity contribution < 1.29 is 4.79 Å². The molecule has 310 valence electrons. The summed E-state index contributed by atoms with van der Waals surface area (Å²) < 4.78 is 0. The Morgan fingerprint density at radius 2 is 0.857 bits per heavy atom. The summed E-state index contributed by atoms with van der Waals surface area (Å²) >= 11 is 0. The van der Waals surface area contributed by atoms with E-state index < -0.39 is 0 Å². The Hall–Kier alpha value is -6.34. The van der Waals surface area contributed by atoms with Gasteiger partial charge in [-0.3, -0.25) is 9.97 Å². The maximum absolute atomic E-state index is 16.1.